The molecule has 2 rings (SSSR count). The zero-order valence-corrected chi connectivity index (χ0v) is 13.7. The van der Waals surface area contributed by atoms with Gasteiger partial charge in [-0.25, -0.2) is 17.5 Å². The lowest BCUT2D eigenvalue weighted by molar-refractivity contribution is -0.0548. The van der Waals surface area contributed by atoms with Gasteiger partial charge in [-0.3, -0.25) is 0 Å². The molecule has 2 aliphatic heterocycles. The Morgan fingerprint density at radius 3 is 2.14 bits per heavy atom. The molecule has 1 N–H and O–H groups in total. The van der Waals surface area contributed by atoms with Crippen LogP contribution in [0.5, 0.6) is 0 Å². The summed E-state index contributed by atoms with van der Waals surface area (Å²) in [5.74, 6) is 0. The van der Waals surface area contributed by atoms with Gasteiger partial charge < -0.3 is 15.0 Å². The minimum atomic E-state index is -3.12. The molecule has 0 aromatic heterocycles. The van der Waals surface area contributed by atoms with Gasteiger partial charge in [-0.15, -0.1) is 0 Å². The summed E-state index contributed by atoms with van der Waals surface area (Å²) >= 11 is 0. The van der Waals surface area contributed by atoms with Crippen molar-refractivity contribution in [3.05, 3.63) is 0 Å². The number of sulfonamides is 1. The monoisotopic (exact) mass is 319 g/mol. The van der Waals surface area contributed by atoms with E-state index in [4.69, 9.17) is 4.74 Å². The van der Waals surface area contributed by atoms with Crippen LogP contribution in [-0.4, -0.2) is 74.3 Å². The lowest BCUT2D eigenvalue weighted by atomic mass is 10.1. The van der Waals surface area contributed by atoms with E-state index in [1.807, 2.05) is 13.8 Å². The molecule has 0 spiro atoms. The molecule has 2 atom stereocenters. The Kier molecular flexibility index (Phi) is 5.11. The van der Waals surface area contributed by atoms with E-state index in [2.05, 4.69) is 5.32 Å². The summed E-state index contributed by atoms with van der Waals surface area (Å²) in [6.45, 7) is 6.05. The molecule has 122 valence electrons. The maximum Gasteiger partial charge on any atom is 0.317 e. The average Bonchev–Trinajstić information content (AvgIpc) is 2.37. The second-order valence-electron chi connectivity index (χ2n) is 6.05. The molecule has 0 aliphatic carbocycles. The van der Waals surface area contributed by atoms with Gasteiger partial charge in [-0.1, -0.05) is 0 Å². The molecule has 2 fully saturated rings. The quantitative estimate of drug-likeness (QED) is 0.790. The van der Waals surface area contributed by atoms with Crippen molar-refractivity contribution in [3.8, 4) is 0 Å². The largest absolute Gasteiger partial charge is 0.372 e. The van der Waals surface area contributed by atoms with E-state index in [1.165, 1.54) is 10.6 Å². The number of morpholine rings is 1. The van der Waals surface area contributed by atoms with E-state index >= 15 is 0 Å². The van der Waals surface area contributed by atoms with Gasteiger partial charge in [0.2, 0.25) is 10.0 Å². The van der Waals surface area contributed by atoms with Gasteiger partial charge >= 0.3 is 6.03 Å². The van der Waals surface area contributed by atoms with Crippen LogP contribution in [0.2, 0.25) is 0 Å². The fourth-order valence-corrected chi connectivity index (χ4v) is 3.82. The summed E-state index contributed by atoms with van der Waals surface area (Å²) < 4.78 is 30.0. The molecule has 2 heterocycles. The van der Waals surface area contributed by atoms with Crippen molar-refractivity contribution in [2.24, 2.45) is 0 Å². The summed E-state index contributed by atoms with van der Waals surface area (Å²) in [5, 5.41) is 3.01. The number of carbonyl (C=O) groups excluding carboxylic acids is 1. The van der Waals surface area contributed by atoms with Crippen LogP contribution in [0.3, 0.4) is 0 Å². The lowest BCUT2D eigenvalue weighted by Crippen LogP contribution is -2.55. The van der Waals surface area contributed by atoms with Gasteiger partial charge in [0.1, 0.15) is 0 Å². The van der Waals surface area contributed by atoms with Gasteiger partial charge in [-0.2, -0.15) is 0 Å². The number of ether oxygens (including phenoxy) is 1. The second kappa shape index (κ2) is 6.50. The molecule has 8 heteroatoms. The fraction of sp³-hybridized carbons (Fsp3) is 0.923. The third kappa shape index (κ3) is 4.55. The van der Waals surface area contributed by atoms with Gasteiger partial charge in [0.15, 0.2) is 0 Å². The number of urea groups is 1. The highest BCUT2D eigenvalue weighted by Gasteiger charge is 2.29. The van der Waals surface area contributed by atoms with Gasteiger partial charge in [0.05, 0.1) is 18.5 Å². The van der Waals surface area contributed by atoms with E-state index in [1.54, 1.807) is 4.90 Å². The summed E-state index contributed by atoms with van der Waals surface area (Å²) in [4.78, 5) is 14.0. The van der Waals surface area contributed by atoms with Crippen LogP contribution in [-0.2, 0) is 14.8 Å². The molecule has 0 unspecified atom stereocenters. The first-order chi connectivity index (χ1) is 9.75. The topological polar surface area (TPSA) is 79.0 Å². The number of amides is 2. The molecule has 0 aromatic carbocycles. The fourth-order valence-electron chi connectivity index (χ4n) is 2.94. The maximum atomic E-state index is 12.3. The highest BCUT2D eigenvalue weighted by molar-refractivity contribution is 7.88. The van der Waals surface area contributed by atoms with Gasteiger partial charge in [0.25, 0.3) is 0 Å². The van der Waals surface area contributed by atoms with Crippen molar-refractivity contribution in [2.45, 2.75) is 44.9 Å². The average molecular weight is 319 g/mol. The summed E-state index contributed by atoms with van der Waals surface area (Å²) in [5.41, 5.74) is 0. The third-order valence-corrected chi connectivity index (χ3v) is 5.26. The molecular weight excluding hydrogens is 294 g/mol. The number of carbonyl (C=O) groups is 1. The number of piperidine rings is 1. The molecular formula is C13H25N3O4S. The van der Waals surface area contributed by atoms with Gasteiger partial charge in [-0.05, 0) is 26.7 Å². The van der Waals surface area contributed by atoms with Gasteiger partial charge in [0, 0.05) is 32.2 Å². The Morgan fingerprint density at radius 1 is 1.14 bits per heavy atom. The van der Waals surface area contributed by atoms with Crippen molar-refractivity contribution >= 4 is 16.1 Å². The Morgan fingerprint density at radius 2 is 1.67 bits per heavy atom. The van der Waals surface area contributed by atoms with Crippen LogP contribution in [0, 0.1) is 0 Å². The third-order valence-electron chi connectivity index (χ3n) is 3.96. The molecule has 0 aromatic rings. The molecule has 0 radical (unpaired) electrons. The molecule has 7 nitrogen and oxygen atoms in total. The van der Waals surface area contributed by atoms with E-state index in [0.29, 0.717) is 39.0 Å². The first kappa shape index (κ1) is 16.5. The van der Waals surface area contributed by atoms with E-state index in [-0.39, 0.29) is 24.3 Å². The lowest BCUT2D eigenvalue weighted by Gasteiger charge is -2.37. The SMILES string of the molecule is C[C@@H]1CN(C(=O)NC2CCN(S(C)(=O)=O)CC2)C[C@H](C)O1. The van der Waals surface area contributed by atoms with Crippen molar-refractivity contribution in [1.29, 1.82) is 0 Å². The van der Waals surface area contributed by atoms with Crippen molar-refractivity contribution < 1.29 is 17.9 Å². The van der Waals surface area contributed by atoms with Crippen LogP contribution in [0.15, 0.2) is 0 Å². The standard InChI is InChI=1S/C13H25N3O4S/c1-10-8-15(9-11(2)20-10)13(17)14-12-4-6-16(7-5-12)21(3,18)19/h10-12H,4-9H2,1-3H3,(H,14,17)/t10-,11+. The van der Waals surface area contributed by atoms with Crippen LogP contribution < -0.4 is 5.32 Å². The molecule has 2 amide bonds. The van der Waals surface area contributed by atoms with Crippen molar-refractivity contribution in [3.63, 3.8) is 0 Å². The second-order valence-corrected chi connectivity index (χ2v) is 8.03. The minimum absolute atomic E-state index is 0.0453. The highest BCUT2D eigenvalue weighted by atomic mass is 32.2. The zero-order chi connectivity index (χ0) is 15.6. The molecule has 21 heavy (non-hydrogen) atoms. The number of nitrogens with zero attached hydrogens (tertiary/aromatic N) is 2. The summed E-state index contributed by atoms with van der Waals surface area (Å²) in [7, 11) is -3.12. The highest BCUT2D eigenvalue weighted by Crippen LogP contribution is 2.15. The van der Waals surface area contributed by atoms with E-state index < -0.39 is 10.0 Å². The van der Waals surface area contributed by atoms with E-state index in [9.17, 15) is 13.2 Å². The summed E-state index contributed by atoms with van der Waals surface area (Å²) in [6, 6.07) is -0.0289. The van der Waals surface area contributed by atoms with Crippen LogP contribution in [0.25, 0.3) is 0 Å². The molecule has 0 bridgehead atoms. The zero-order valence-electron chi connectivity index (χ0n) is 12.9. The van der Waals surface area contributed by atoms with Crippen molar-refractivity contribution in [1.82, 2.24) is 14.5 Å². The van der Waals surface area contributed by atoms with Crippen LogP contribution >= 0.6 is 0 Å². The number of hydrogen-bond acceptors (Lipinski definition) is 4. The Labute approximate surface area is 126 Å². The molecule has 0 saturated carbocycles. The first-order valence-electron chi connectivity index (χ1n) is 7.41. The normalized spacial score (nSPS) is 29.4. The smallest absolute Gasteiger partial charge is 0.317 e. The first-order valence-corrected chi connectivity index (χ1v) is 9.26. The van der Waals surface area contributed by atoms with Crippen LogP contribution in [0.4, 0.5) is 4.79 Å². The summed E-state index contributed by atoms with van der Waals surface area (Å²) in [6.07, 6.45) is 2.64. The Balaban J connectivity index is 1.82. The Hall–Kier alpha value is -0.860. The minimum Gasteiger partial charge on any atom is -0.372 e. The Bertz CT molecular complexity index is 464. The molecule has 2 saturated heterocycles. The molecule has 2 aliphatic rings. The maximum absolute atomic E-state index is 12.3. The van der Waals surface area contributed by atoms with Crippen LogP contribution in [0.1, 0.15) is 26.7 Å². The number of rotatable bonds is 2. The van der Waals surface area contributed by atoms with E-state index in [0.717, 1.165) is 0 Å². The predicted molar refractivity (Wildman–Crippen MR) is 79.6 cm³/mol. The number of nitrogens with one attached hydrogen (secondary N) is 1. The number of hydrogen-bond donors (Lipinski definition) is 1. The van der Waals surface area contributed by atoms with Crippen molar-refractivity contribution in [2.75, 3.05) is 32.4 Å². The predicted octanol–water partition coefficient (Wildman–Crippen LogP) is 0.229.